The number of primary amides is 1. The van der Waals surface area contributed by atoms with Crippen LogP contribution in [0.4, 0.5) is 5.69 Å². The molecule has 2 saturated carbocycles. The average molecular weight is 573 g/mol. The number of likely N-dealkylation sites (N-methyl/N-ethyl adjacent to an activating group) is 1. The molecule has 41 heavy (non-hydrogen) atoms. The minimum absolute atomic E-state index is 0.0578. The van der Waals surface area contributed by atoms with Crippen molar-refractivity contribution in [1.82, 2.24) is 10.2 Å². The number of aliphatic hydroxyl groups is 2. The summed E-state index contributed by atoms with van der Waals surface area (Å²) in [5.41, 5.74) is 2.16. The standard InChI is InChI=1S/C28H36N4O9/c1-10(2)8-30-9-14(33)31-13-7-6-12-11(3)15-17(22(35)16(12)21(13)34)25(38)28(41)19(23(15)36)20(32(4)5)24(37)18(26(28)39)27(29)40/h6-7,10-11,15,17-20,23,30,34,36,41H,8-9H2,1-5H3,(H2,29,40)(H,31,33)/t11?,15?,17?,18?,19?,20-,23?,28-/m0/s1. The second-order valence-electron chi connectivity index (χ2n) is 11.9. The zero-order valence-corrected chi connectivity index (χ0v) is 23.5. The Bertz CT molecular complexity index is 1340. The van der Waals surface area contributed by atoms with Crippen LogP contribution in [0.3, 0.4) is 0 Å². The van der Waals surface area contributed by atoms with E-state index in [1.54, 1.807) is 6.92 Å². The van der Waals surface area contributed by atoms with E-state index in [0.29, 0.717) is 12.5 Å². The van der Waals surface area contributed by atoms with Gasteiger partial charge in [0, 0.05) is 5.92 Å². The molecule has 13 heteroatoms. The lowest BCUT2D eigenvalue weighted by molar-refractivity contribution is -0.196. The quantitative estimate of drug-likeness (QED) is 0.165. The number of aliphatic hydroxyl groups excluding tert-OH is 1. The van der Waals surface area contributed by atoms with E-state index in [0.717, 1.165) is 0 Å². The van der Waals surface area contributed by atoms with Crippen LogP contribution in [-0.4, -0.2) is 100 Å². The van der Waals surface area contributed by atoms with E-state index in [9.17, 15) is 44.1 Å². The van der Waals surface area contributed by atoms with E-state index in [-0.39, 0.29) is 23.4 Å². The summed E-state index contributed by atoms with van der Waals surface area (Å²) >= 11 is 0. The molecule has 8 atom stereocenters. The molecule has 0 heterocycles. The second-order valence-corrected chi connectivity index (χ2v) is 11.9. The number of nitrogens with zero attached hydrogens (tertiary/aromatic N) is 1. The van der Waals surface area contributed by atoms with Crippen molar-refractivity contribution in [2.75, 3.05) is 32.5 Å². The number of amides is 2. The van der Waals surface area contributed by atoms with Crippen molar-refractivity contribution in [2.24, 2.45) is 35.3 Å². The summed E-state index contributed by atoms with van der Waals surface area (Å²) in [5, 5.41) is 39.8. The van der Waals surface area contributed by atoms with Gasteiger partial charge in [-0.25, -0.2) is 0 Å². The van der Waals surface area contributed by atoms with Crippen LogP contribution < -0.4 is 16.4 Å². The molecule has 2 amide bonds. The maximum absolute atomic E-state index is 14.0. The number of carbonyl (C=O) groups is 6. The van der Waals surface area contributed by atoms with Crippen LogP contribution >= 0.6 is 0 Å². The van der Waals surface area contributed by atoms with Gasteiger partial charge >= 0.3 is 0 Å². The summed E-state index contributed by atoms with van der Waals surface area (Å²) in [6.45, 7) is 6.07. The first kappa shape index (κ1) is 30.4. The van der Waals surface area contributed by atoms with Crippen LogP contribution in [0.15, 0.2) is 12.1 Å². The number of phenols is 1. The highest BCUT2D eigenvalue weighted by atomic mass is 16.3. The lowest BCUT2D eigenvalue weighted by Gasteiger charge is -2.56. The Morgan fingerprint density at radius 3 is 2.32 bits per heavy atom. The van der Waals surface area contributed by atoms with Gasteiger partial charge in [-0.1, -0.05) is 26.8 Å². The molecule has 4 rings (SSSR count). The third-order valence-electron chi connectivity index (χ3n) is 8.60. The molecule has 0 bridgehead atoms. The third-order valence-corrected chi connectivity index (χ3v) is 8.60. The fourth-order valence-electron chi connectivity index (χ4n) is 6.76. The van der Waals surface area contributed by atoms with E-state index in [1.165, 1.54) is 31.1 Å². The Morgan fingerprint density at radius 1 is 1.12 bits per heavy atom. The van der Waals surface area contributed by atoms with E-state index in [2.05, 4.69) is 10.6 Å². The van der Waals surface area contributed by atoms with Gasteiger partial charge in [0.2, 0.25) is 11.8 Å². The van der Waals surface area contributed by atoms with Crippen LogP contribution in [0.25, 0.3) is 0 Å². The number of nitrogens with two attached hydrogens (primary N) is 1. The first-order chi connectivity index (χ1) is 19.1. The van der Waals surface area contributed by atoms with Crippen LogP contribution in [0.5, 0.6) is 5.75 Å². The van der Waals surface area contributed by atoms with Gasteiger partial charge in [0.1, 0.15) is 5.75 Å². The molecule has 1 aromatic rings. The number of Topliss-reactive ketones (excluding diaryl/α,β-unsaturated/α-hetero) is 4. The van der Waals surface area contributed by atoms with Crippen molar-refractivity contribution < 1.29 is 44.1 Å². The molecule has 2 fully saturated rings. The molecule has 0 saturated heterocycles. The van der Waals surface area contributed by atoms with Gasteiger partial charge in [-0.05, 0) is 44.1 Å². The highest BCUT2D eigenvalue weighted by molar-refractivity contribution is 6.32. The van der Waals surface area contributed by atoms with E-state index in [1.807, 2.05) is 13.8 Å². The van der Waals surface area contributed by atoms with E-state index in [4.69, 9.17) is 5.73 Å². The van der Waals surface area contributed by atoms with Crippen molar-refractivity contribution in [2.45, 2.75) is 44.4 Å². The average Bonchev–Trinajstić information content (AvgIpc) is 2.87. The van der Waals surface area contributed by atoms with Gasteiger partial charge in [-0.15, -0.1) is 0 Å². The highest BCUT2D eigenvalue weighted by Gasteiger charge is 2.72. The van der Waals surface area contributed by atoms with Crippen molar-refractivity contribution in [3.8, 4) is 5.75 Å². The summed E-state index contributed by atoms with van der Waals surface area (Å²) in [7, 11) is 2.86. The Balaban J connectivity index is 1.78. The number of rotatable bonds is 7. The van der Waals surface area contributed by atoms with Gasteiger partial charge in [0.05, 0.1) is 41.8 Å². The summed E-state index contributed by atoms with van der Waals surface area (Å²) in [6.07, 6.45) is -1.71. The SMILES string of the molecule is CC(C)CNCC(=O)Nc1ccc2c(c1O)C(=O)C1C(=O)[C@]3(O)C(=O)C(C(N)=O)C(=O)[C@@H](N(C)C)C3C(O)C1C2C. The molecule has 0 spiro atoms. The lowest BCUT2D eigenvalue weighted by Crippen LogP contribution is -2.77. The lowest BCUT2D eigenvalue weighted by atomic mass is 9.49. The number of aromatic hydroxyl groups is 1. The maximum atomic E-state index is 14.0. The highest BCUT2D eigenvalue weighted by Crippen LogP contribution is 2.55. The summed E-state index contributed by atoms with van der Waals surface area (Å²) < 4.78 is 0. The molecule has 222 valence electrons. The number of carbonyl (C=O) groups excluding carboxylic acids is 6. The molecule has 6 unspecified atom stereocenters. The van der Waals surface area contributed by atoms with Crippen LogP contribution in [-0.2, 0) is 24.0 Å². The predicted octanol–water partition coefficient (Wildman–Crippen LogP) is -1.42. The molecule has 3 aliphatic rings. The number of fused-ring (bicyclic) bond motifs is 3. The van der Waals surface area contributed by atoms with E-state index >= 15 is 0 Å². The molecular formula is C28H36N4O9. The van der Waals surface area contributed by atoms with Crippen molar-refractivity contribution in [1.29, 1.82) is 0 Å². The summed E-state index contributed by atoms with van der Waals surface area (Å²) in [4.78, 5) is 80.3. The smallest absolute Gasteiger partial charge is 0.238 e. The fourth-order valence-corrected chi connectivity index (χ4v) is 6.76. The zero-order chi connectivity index (χ0) is 30.7. The first-order valence-corrected chi connectivity index (χ1v) is 13.5. The number of nitrogens with one attached hydrogen (secondary N) is 2. The topological polar surface area (TPSA) is 216 Å². The first-order valence-electron chi connectivity index (χ1n) is 13.5. The Kier molecular flexibility index (Phi) is 7.95. The molecule has 1 aromatic carbocycles. The van der Waals surface area contributed by atoms with E-state index < -0.39 is 88.0 Å². The number of anilines is 1. The van der Waals surface area contributed by atoms with Gasteiger partial charge in [0.25, 0.3) is 0 Å². The maximum Gasteiger partial charge on any atom is 0.238 e. The van der Waals surface area contributed by atoms with Crippen LogP contribution in [0, 0.1) is 29.6 Å². The molecular weight excluding hydrogens is 536 g/mol. The Labute approximate surface area is 236 Å². The molecule has 0 aliphatic heterocycles. The van der Waals surface area contributed by atoms with Crippen LogP contribution in [0.2, 0.25) is 0 Å². The molecule has 13 nitrogen and oxygen atoms in total. The molecule has 7 N–H and O–H groups in total. The predicted molar refractivity (Wildman–Crippen MR) is 144 cm³/mol. The number of phenolic OH excluding ortho intramolecular Hbond substituents is 1. The number of benzene rings is 1. The second kappa shape index (κ2) is 10.7. The van der Waals surface area contributed by atoms with Crippen molar-refractivity contribution in [3.63, 3.8) is 0 Å². The minimum atomic E-state index is -3.07. The zero-order valence-electron chi connectivity index (χ0n) is 23.5. The van der Waals surface area contributed by atoms with Crippen molar-refractivity contribution >= 4 is 40.6 Å². The summed E-state index contributed by atoms with van der Waals surface area (Å²) in [6, 6.07) is 1.46. The van der Waals surface area contributed by atoms with Gasteiger partial charge in [-0.2, -0.15) is 0 Å². The monoisotopic (exact) mass is 572 g/mol. The Morgan fingerprint density at radius 2 is 1.76 bits per heavy atom. The van der Waals surface area contributed by atoms with Crippen molar-refractivity contribution in [3.05, 3.63) is 23.3 Å². The largest absolute Gasteiger partial charge is 0.505 e. The Hall–Kier alpha value is -3.52. The van der Waals surface area contributed by atoms with Gasteiger partial charge < -0.3 is 31.7 Å². The summed E-state index contributed by atoms with van der Waals surface area (Å²) in [5.74, 6) is -14.4. The third kappa shape index (κ3) is 4.56. The van der Waals surface area contributed by atoms with Gasteiger partial charge in [-0.3, -0.25) is 33.7 Å². The minimum Gasteiger partial charge on any atom is -0.505 e. The number of ketones is 4. The molecule has 0 radical (unpaired) electrons. The van der Waals surface area contributed by atoms with Gasteiger partial charge in [0.15, 0.2) is 34.7 Å². The number of hydrogen-bond acceptors (Lipinski definition) is 11. The fraction of sp³-hybridized carbons (Fsp3) is 0.571. The molecule has 3 aliphatic carbocycles. The van der Waals surface area contributed by atoms with Crippen LogP contribution in [0.1, 0.15) is 42.6 Å². The normalized spacial score (nSPS) is 33.0. The number of hydrogen-bond donors (Lipinski definition) is 6. The molecule has 0 aromatic heterocycles.